The van der Waals surface area contributed by atoms with Crippen LogP contribution in [0.5, 0.6) is 0 Å². The Balaban J connectivity index is 1.67. The molecule has 0 radical (unpaired) electrons. The van der Waals surface area contributed by atoms with Crippen molar-refractivity contribution >= 4 is 23.1 Å². The average molecular weight is 322 g/mol. The van der Waals surface area contributed by atoms with E-state index in [0.717, 1.165) is 42.3 Å². The molecule has 0 unspecified atom stereocenters. The molecule has 1 aliphatic heterocycles. The summed E-state index contributed by atoms with van der Waals surface area (Å²) >= 11 is 0. The van der Waals surface area contributed by atoms with Gasteiger partial charge < -0.3 is 15.5 Å². The van der Waals surface area contributed by atoms with E-state index in [1.807, 2.05) is 67.5 Å². The largest absolute Gasteiger partial charge is 0.378 e. The molecule has 2 aromatic rings. The molecule has 3 rings (SSSR count). The molecule has 24 heavy (non-hydrogen) atoms. The summed E-state index contributed by atoms with van der Waals surface area (Å²) in [5.41, 5.74) is 3.53. The number of amidine groups is 1. The van der Waals surface area contributed by atoms with Crippen LogP contribution in [0.3, 0.4) is 0 Å². The van der Waals surface area contributed by atoms with E-state index in [-0.39, 0.29) is 5.91 Å². The van der Waals surface area contributed by atoms with E-state index < -0.39 is 0 Å². The minimum Gasteiger partial charge on any atom is -0.378 e. The van der Waals surface area contributed by atoms with E-state index in [1.54, 1.807) is 0 Å². The van der Waals surface area contributed by atoms with Crippen LogP contribution < -0.4 is 15.5 Å². The van der Waals surface area contributed by atoms with Gasteiger partial charge in [0.2, 0.25) is 0 Å². The van der Waals surface area contributed by atoms with Gasteiger partial charge in [-0.2, -0.15) is 0 Å². The van der Waals surface area contributed by atoms with Crippen LogP contribution in [0.25, 0.3) is 0 Å². The molecule has 0 spiro atoms. The first kappa shape index (κ1) is 16.1. The number of anilines is 2. The molecule has 1 aliphatic rings. The van der Waals surface area contributed by atoms with Gasteiger partial charge in [-0.25, -0.2) is 0 Å². The lowest BCUT2D eigenvalue weighted by Gasteiger charge is -2.15. The summed E-state index contributed by atoms with van der Waals surface area (Å²) in [6.45, 7) is 1.82. The highest BCUT2D eigenvalue weighted by Crippen LogP contribution is 2.15. The van der Waals surface area contributed by atoms with Gasteiger partial charge in [-0.3, -0.25) is 9.79 Å². The van der Waals surface area contributed by atoms with Gasteiger partial charge >= 0.3 is 0 Å². The van der Waals surface area contributed by atoms with Gasteiger partial charge in [-0.15, -0.1) is 0 Å². The van der Waals surface area contributed by atoms with Crippen molar-refractivity contribution in [3.05, 3.63) is 59.7 Å². The minimum atomic E-state index is -0.110. The Morgan fingerprint density at radius 1 is 1.08 bits per heavy atom. The molecule has 0 bridgehead atoms. The standard InChI is InChI=1S/C19H22N4O/c1-23(2)17-10-6-15(7-11-17)19(24)22-16-8-4-14(5-9-16)18-20-12-3-13-21-18/h4-11H,3,12-13H2,1-2H3,(H,20,21)(H,22,24). The van der Waals surface area contributed by atoms with Gasteiger partial charge in [0.05, 0.1) is 0 Å². The van der Waals surface area contributed by atoms with Crippen molar-refractivity contribution in [2.75, 3.05) is 37.4 Å². The van der Waals surface area contributed by atoms with E-state index in [2.05, 4.69) is 15.6 Å². The molecule has 2 aromatic carbocycles. The van der Waals surface area contributed by atoms with Crippen molar-refractivity contribution in [1.82, 2.24) is 5.32 Å². The van der Waals surface area contributed by atoms with E-state index in [1.165, 1.54) is 0 Å². The molecule has 2 N–H and O–H groups in total. The smallest absolute Gasteiger partial charge is 0.255 e. The maximum absolute atomic E-state index is 12.3. The molecule has 5 nitrogen and oxygen atoms in total. The van der Waals surface area contributed by atoms with E-state index in [0.29, 0.717) is 5.56 Å². The summed E-state index contributed by atoms with van der Waals surface area (Å²) in [7, 11) is 3.95. The molecule has 124 valence electrons. The van der Waals surface area contributed by atoms with Crippen molar-refractivity contribution in [2.45, 2.75) is 6.42 Å². The van der Waals surface area contributed by atoms with Crippen LogP contribution in [0.4, 0.5) is 11.4 Å². The van der Waals surface area contributed by atoms with E-state index in [4.69, 9.17) is 0 Å². The highest BCUT2D eigenvalue weighted by Gasteiger charge is 2.09. The summed E-state index contributed by atoms with van der Waals surface area (Å²) in [5, 5.41) is 6.22. The zero-order valence-corrected chi connectivity index (χ0v) is 14.0. The molecule has 0 aliphatic carbocycles. The lowest BCUT2D eigenvalue weighted by Crippen LogP contribution is -2.30. The van der Waals surface area contributed by atoms with Crippen molar-refractivity contribution in [2.24, 2.45) is 4.99 Å². The van der Waals surface area contributed by atoms with E-state index in [9.17, 15) is 4.79 Å². The Hall–Kier alpha value is -2.82. The number of nitrogens with one attached hydrogen (secondary N) is 2. The summed E-state index contributed by atoms with van der Waals surface area (Å²) in [5.74, 6) is 0.819. The Morgan fingerprint density at radius 3 is 2.38 bits per heavy atom. The van der Waals surface area contributed by atoms with Gasteiger partial charge in [0, 0.05) is 49.7 Å². The Kier molecular flexibility index (Phi) is 4.79. The molecule has 5 heteroatoms. The van der Waals surface area contributed by atoms with E-state index >= 15 is 0 Å². The lowest BCUT2D eigenvalue weighted by molar-refractivity contribution is 0.102. The number of hydrogen-bond donors (Lipinski definition) is 2. The third kappa shape index (κ3) is 3.74. The monoisotopic (exact) mass is 322 g/mol. The first-order chi connectivity index (χ1) is 11.6. The molecule has 1 amide bonds. The predicted molar refractivity (Wildman–Crippen MR) is 99.2 cm³/mol. The first-order valence-electron chi connectivity index (χ1n) is 8.11. The van der Waals surface area contributed by atoms with Crippen LogP contribution >= 0.6 is 0 Å². The van der Waals surface area contributed by atoms with Gasteiger partial charge in [-0.1, -0.05) is 0 Å². The predicted octanol–water partition coefficient (Wildman–Crippen LogP) is 2.74. The Morgan fingerprint density at radius 2 is 1.79 bits per heavy atom. The summed E-state index contributed by atoms with van der Waals surface area (Å²) in [4.78, 5) is 18.8. The Bertz CT molecular complexity index is 733. The number of rotatable bonds is 4. The van der Waals surface area contributed by atoms with Crippen molar-refractivity contribution < 1.29 is 4.79 Å². The molecule has 0 aromatic heterocycles. The molecule has 0 saturated heterocycles. The van der Waals surface area contributed by atoms with Gasteiger partial charge in [-0.05, 0) is 55.0 Å². The molecule has 0 saturated carbocycles. The number of amides is 1. The number of carbonyl (C=O) groups excluding carboxylic acids is 1. The van der Waals surface area contributed by atoms with Crippen molar-refractivity contribution in [1.29, 1.82) is 0 Å². The summed E-state index contributed by atoms with van der Waals surface area (Å²) < 4.78 is 0. The van der Waals surface area contributed by atoms with Crippen LogP contribution in [0.1, 0.15) is 22.3 Å². The van der Waals surface area contributed by atoms with Gasteiger partial charge in [0.25, 0.3) is 5.91 Å². The maximum Gasteiger partial charge on any atom is 0.255 e. The fraction of sp³-hybridized carbons (Fsp3) is 0.263. The lowest BCUT2D eigenvalue weighted by atomic mass is 10.1. The fourth-order valence-electron chi connectivity index (χ4n) is 2.55. The topological polar surface area (TPSA) is 56.7 Å². The molecular weight excluding hydrogens is 300 g/mol. The zero-order valence-electron chi connectivity index (χ0n) is 14.0. The molecule has 0 atom stereocenters. The van der Waals surface area contributed by atoms with Crippen LogP contribution in [0, 0.1) is 0 Å². The second-order valence-electron chi connectivity index (χ2n) is 5.98. The van der Waals surface area contributed by atoms with Crippen molar-refractivity contribution in [3.8, 4) is 0 Å². The average Bonchev–Trinajstić information content (AvgIpc) is 2.63. The second kappa shape index (κ2) is 7.17. The SMILES string of the molecule is CN(C)c1ccc(C(=O)Nc2ccc(C3=NCCCN3)cc2)cc1. The number of aliphatic imine (C=N–C) groups is 1. The van der Waals surface area contributed by atoms with Crippen LogP contribution in [0.2, 0.25) is 0 Å². The van der Waals surface area contributed by atoms with Gasteiger partial charge in [0.15, 0.2) is 0 Å². The molecular formula is C19H22N4O. The number of hydrogen-bond acceptors (Lipinski definition) is 4. The fourth-order valence-corrected chi connectivity index (χ4v) is 2.55. The summed E-state index contributed by atoms with van der Waals surface area (Å²) in [6.07, 6.45) is 1.07. The number of carbonyl (C=O) groups is 1. The van der Waals surface area contributed by atoms with Crippen molar-refractivity contribution in [3.63, 3.8) is 0 Å². The van der Waals surface area contributed by atoms with Crippen LogP contribution in [-0.2, 0) is 0 Å². The molecule has 1 heterocycles. The highest BCUT2D eigenvalue weighted by molar-refractivity contribution is 6.05. The quantitative estimate of drug-likeness (QED) is 0.910. The zero-order chi connectivity index (χ0) is 16.9. The van der Waals surface area contributed by atoms with Crippen LogP contribution in [-0.4, -0.2) is 38.9 Å². The van der Waals surface area contributed by atoms with Gasteiger partial charge in [0.1, 0.15) is 5.84 Å². The first-order valence-corrected chi connectivity index (χ1v) is 8.11. The minimum absolute atomic E-state index is 0.110. The number of nitrogens with zero attached hydrogens (tertiary/aromatic N) is 2. The third-order valence-corrected chi connectivity index (χ3v) is 3.96. The highest BCUT2D eigenvalue weighted by atomic mass is 16.1. The normalized spacial score (nSPS) is 13.7. The molecule has 0 fully saturated rings. The second-order valence-corrected chi connectivity index (χ2v) is 5.98. The maximum atomic E-state index is 12.3. The third-order valence-electron chi connectivity index (χ3n) is 3.96. The number of benzene rings is 2. The Labute approximate surface area is 142 Å². The van der Waals surface area contributed by atoms with Crippen LogP contribution in [0.15, 0.2) is 53.5 Å². The summed E-state index contributed by atoms with van der Waals surface area (Å²) in [6, 6.07) is 15.3.